The quantitative estimate of drug-likeness (QED) is 0.693. The molecule has 26 heavy (non-hydrogen) atoms. The van der Waals surface area contributed by atoms with Crippen LogP contribution in [-0.2, 0) is 22.4 Å². The van der Waals surface area contributed by atoms with E-state index in [-0.39, 0.29) is 23.7 Å². The Labute approximate surface area is 161 Å². The second-order valence-electron chi connectivity index (χ2n) is 6.98. The van der Waals surface area contributed by atoms with Crippen LogP contribution in [0.25, 0.3) is 10.9 Å². The van der Waals surface area contributed by atoms with Crippen molar-refractivity contribution in [1.82, 2.24) is 15.6 Å². The second-order valence-corrected chi connectivity index (χ2v) is 6.98. The zero-order valence-corrected chi connectivity index (χ0v) is 16.5. The van der Waals surface area contributed by atoms with E-state index in [0.717, 1.165) is 38.8 Å². The van der Waals surface area contributed by atoms with Crippen LogP contribution < -0.4 is 10.6 Å². The van der Waals surface area contributed by atoms with Crippen molar-refractivity contribution in [2.75, 3.05) is 33.4 Å². The van der Waals surface area contributed by atoms with Crippen LogP contribution in [0.3, 0.4) is 0 Å². The highest BCUT2D eigenvalue weighted by Gasteiger charge is 2.39. The van der Waals surface area contributed by atoms with Gasteiger partial charge in [0.25, 0.3) is 0 Å². The molecule has 2 heterocycles. The maximum atomic E-state index is 12.8. The van der Waals surface area contributed by atoms with Gasteiger partial charge >= 0.3 is 0 Å². The molecule has 0 spiro atoms. The van der Waals surface area contributed by atoms with Gasteiger partial charge in [-0.05, 0) is 49.9 Å². The normalized spacial score (nSPS) is 16.2. The monoisotopic (exact) mass is 379 g/mol. The van der Waals surface area contributed by atoms with Crippen molar-refractivity contribution in [3.05, 3.63) is 35.5 Å². The van der Waals surface area contributed by atoms with E-state index < -0.39 is 0 Å². The van der Waals surface area contributed by atoms with E-state index >= 15 is 0 Å². The van der Waals surface area contributed by atoms with Gasteiger partial charge in [0.2, 0.25) is 5.91 Å². The van der Waals surface area contributed by atoms with E-state index in [9.17, 15) is 4.79 Å². The number of amides is 1. The lowest BCUT2D eigenvalue weighted by Gasteiger charge is -2.35. The Balaban J connectivity index is 0.00000243. The predicted molar refractivity (Wildman–Crippen MR) is 108 cm³/mol. The predicted octanol–water partition coefficient (Wildman–Crippen LogP) is 2.83. The van der Waals surface area contributed by atoms with Crippen LogP contribution in [0, 0.1) is 5.41 Å². The topological polar surface area (TPSA) is 66.2 Å². The summed E-state index contributed by atoms with van der Waals surface area (Å²) in [6, 6.07) is 6.43. The summed E-state index contributed by atoms with van der Waals surface area (Å²) in [7, 11) is 1.67. The Morgan fingerprint density at radius 1 is 1.27 bits per heavy atom. The smallest absolute Gasteiger partial charge is 0.228 e. The molecule has 0 bridgehead atoms. The van der Waals surface area contributed by atoms with Crippen LogP contribution >= 0.6 is 12.4 Å². The third-order valence-corrected chi connectivity index (χ3v) is 5.41. The number of fused-ring (bicyclic) bond motifs is 1. The average Bonchev–Trinajstić information content (AvgIpc) is 3.06. The molecule has 1 saturated heterocycles. The third-order valence-electron chi connectivity index (χ3n) is 5.41. The summed E-state index contributed by atoms with van der Waals surface area (Å²) in [5.74, 6) is 0.130. The highest BCUT2D eigenvalue weighted by Crippen LogP contribution is 2.29. The molecule has 144 valence electrons. The second kappa shape index (κ2) is 9.40. The molecular formula is C20H30ClN3O2. The number of piperidine rings is 1. The first kappa shape index (κ1) is 20.7. The van der Waals surface area contributed by atoms with Gasteiger partial charge in [-0.1, -0.05) is 25.1 Å². The molecule has 1 fully saturated rings. The van der Waals surface area contributed by atoms with Crippen molar-refractivity contribution in [3.63, 3.8) is 0 Å². The van der Waals surface area contributed by atoms with Crippen LogP contribution in [0.5, 0.6) is 0 Å². The van der Waals surface area contributed by atoms with Crippen LogP contribution in [0.15, 0.2) is 24.4 Å². The Hall–Kier alpha value is -1.56. The van der Waals surface area contributed by atoms with Crippen molar-refractivity contribution in [1.29, 1.82) is 0 Å². The number of hydrogen-bond donors (Lipinski definition) is 3. The maximum absolute atomic E-state index is 12.8. The van der Waals surface area contributed by atoms with E-state index in [1.807, 2.05) is 0 Å². The molecule has 0 radical (unpaired) electrons. The minimum Gasteiger partial charge on any atom is -0.384 e. The molecule has 1 aromatic carbocycles. The molecule has 0 aliphatic carbocycles. The third kappa shape index (κ3) is 4.22. The molecule has 2 aromatic rings. The standard InChI is InChI=1S/C20H29N3O2.ClH/c1-3-15-5-4-6-17-16(13-23-18(15)17)7-10-22-19(24)20(14-25-2)8-11-21-12-9-20;/h4-6,13,21,23H,3,7-12,14H2,1-2H3,(H,22,24);1H. The first-order chi connectivity index (χ1) is 12.2. The molecule has 1 aliphatic rings. The number of H-pyrrole nitrogens is 1. The number of methoxy groups -OCH3 is 1. The molecule has 0 unspecified atom stereocenters. The lowest BCUT2D eigenvalue weighted by molar-refractivity contribution is -0.136. The van der Waals surface area contributed by atoms with Gasteiger partial charge in [0, 0.05) is 30.8 Å². The number of halogens is 1. The summed E-state index contributed by atoms with van der Waals surface area (Å²) in [6.45, 7) is 5.07. The highest BCUT2D eigenvalue weighted by atomic mass is 35.5. The summed E-state index contributed by atoms with van der Waals surface area (Å²) >= 11 is 0. The highest BCUT2D eigenvalue weighted by molar-refractivity contribution is 5.86. The van der Waals surface area contributed by atoms with E-state index in [2.05, 4.69) is 46.9 Å². The molecule has 0 saturated carbocycles. The largest absolute Gasteiger partial charge is 0.384 e. The average molecular weight is 380 g/mol. The molecule has 3 rings (SSSR count). The van der Waals surface area contributed by atoms with Gasteiger partial charge in [0.05, 0.1) is 12.0 Å². The lowest BCUT2D eigenvalue weighted by atomic mass is 9.78. The summed E-state index contributed by atoms with van der Waals surface area (Å²) in [5, 5.41) is 7.74. The van der Waals surface area contributed by atoms with Gasteiger partial charge in [0.1, 0.15) is 0 Å². The number of carbonyl (C=O) groups excluding carboxylic acids is 1. The molecule has 3 N–H and O–H groups in total. The van der Waals surface area contributed by atoms with Gasteiger partial charge in [0.15, 0.2) is 0 Å². The van der Waals surface area contributed by atoms with Crippen molar-refractivity contribution in [3.8, 4) is 0 Å². The Kier molecular flexibility index (Phi) is 7.50. The van der Waals surface area contributed by atoms with Gasteiger partial charge in [-0.3, -0.25) is 4.79 Å². The van der Waals surface area contributed by atoms with Crippen molar-refractivity contribution >= 4 is 29.2 Å². The lowest BCUT2D eigenvalue weighted by Crippen LogP contribution is -2.50. The number of benzene rings is 1. The number of para-hydroxylation sites is 1. The molecule has 1 amide bonds. The Morgan fingerprint density at radius 2 is 2.04 bits per heavy atom. The number of nitrogens with one attached hydrogen (secondary N) is 3. The van der Waals surface area contributed by atoms with Gasteiger partial charge in [-0.15, -0.1) is 12.4 Å². The van der Waals surface area contributed by atoms with Crippen LogP contribution in [0.1, 0.15) is 30.9 Å². The number of ether oxygens (including phenoxy) is 1. The Morgan fingerprint density at radius 3 is 2.73 bits per heavy atom. The zero-order valence-electron chi connectivity index (χ0n) is 15.7. The van der Waals surface area contributed by atoms with E-state index in [0.29, 0.717) is 13.2 Å². The molecular weight excluding hydrogens is 350 g/mol. The number of aromatic amines is 1. The van der Waals surface area contributed by atoms with Crippen molar-refractivity contribution < 1.29 is 9.53 Å². The van der Waals surface area contributed by atoms with Crippen molar-refractivity contribution in [2.45, 2.75) is 32.6 Å². The number of hydrogen-bond acceptors (Lipinski definition) is 3. The fourth-order valence-electron chi connectivity index (χ4n) is 3.89. The fraction of sp³-hybridized carbons (Fsp3) is 0.550. The van der Waals surface area contributed by atoms with Crippen LogP contribution in [0.4, 0.5) is 0 Å². The summed E-state index contributed by atoms with van der Waals surface area (Å²) in [4.78, 5) is 16.2. The minimum atomic E-state index is -0.379. The summed E-state index contributed by atoms with van der Waals surface area (Å²) < 4.78 is 5.35. The van der Waals surface area contributed by atoms with Gasteiger partial charge in [-0.25, -0.2) is 0 Å². The molecule has 0 atom stereocenters. The van der Waals surface area contributed by atoms with Gasteiger partial charge < -0.3 is 20.4 Å². The van der Waals surface area contributed by atoms with Crippen LogP contribution in [0.2, 0.25) is 0 Å². The molecule has 1 aliphatic heterocycles. The number of carbonyl (C=O) groups is 1. The minimum absolute atomic E-state index is 0. The Bertz CT molecular complexity index is 717. The summed E-state index contributed by atoms with van der Waals surface area (Å²) in [6.07, 6.45) is 5.59. The first-order valence-corrected chi connectivity index (χ1v) is 9.26. The van der Waals surface area contributed by atoms with Gasteiger partial charge in [-0.2, -0.15) is 0 Å². The maximum Gasteiger partial charge on any atom is 0.228 e. The summed E-state index contributed by atoms with van der Waals surface area (Å²) in [5.41, 5.74) is 3.44. The van der Waals surface area contributed by atoms with E-state index in [1.165, 1.54) is 22.0 Å². The number of aryl methyl sites for hydroxylation is 1. The fourth-order valence-corrected chi connectivity index (χ4v) is 3.89. The first-order valence-electron chi connectivity index (χ1n) is 9.26. The number of rotatable bonds is 7. The zero-order chi connectivity index (χ0) is 17.7. The molecule has 5 nitrogen and oxygen atoms in total. The SMILES string of the molecule is CCc1cccc2c(CCNC(=O)C3(COC)CCNCC3)c[nH]c12.Cl. The molecule has 1 aromatic heterocycles. The number of aromatic nitrogens is 1. The van der Waals surface area contributed by atoms with Crippen LogP contribution in [-0.4, -0.2) is 44.2 Å². The van der Waals surface area contributed by atoms with E-state index in [1.54, 1.807) is 7.11 Å². The van der Waals surface area contributed by atoms with Crippen molar-refractivity contribution in [2.24, 2.45) is 5.41 Å². The molecule has 6 heteroatoms. The van der Waals surface area contributed by atoms with E-state index in [4.69, 9.17) is 4.74 Å².